The minimum atomic E-state index is -0.611. The first-order chi connectivity index (χ1) is 6.51. The number of nitrogens with zero attached hydrogens (tertiary/aromatic N) is 2. The maximum Gasteiger partial charge on any atom is 0.242 e. The maximum absolute atomic E-state index is 11.9. The normalized spacial score (nSPS) is 17.6. The Bertz CT molecular complexity index is 263. The second-order valence-electron chi connectivity index (χ2n) is 4.16. The van der Waals surface area contributed by atoms with Gasteiger partial charge in [-0.25, -0.2) is 0 Å². The van der Waals surface area contributed by atoms with Crippen LogP contribution in [0.3, 0.4) is 0 Å². The highest BCUT2D eigenvalue weighted by Gasteiger charge is 2.48. The van der Waals surface area contributed by atoms with Crippen molar-refractivity contribution in [3.63, 3.8) is 0 Å². The lowest BCUT2D eigenvalue weighted by Crippen LogP contribution is -2.48. The third-order valence-corrected chi connectivity index (χ3v) is 2.56. The average Bonchev–Trinajstić information content (AvgIpc) is 2.85. The van der Waals surface area contributed by atoms with Gasteiger partial charge in [-0.15, -0.1) is 0 Å². The fourth-order valence-electron chi connectivity index (χ4n) is 1.40. The molecule has 0 bridgehead atoms. The number of nitriles is 1. The standard InChI is InChI=1S/C10H17N3O/c1-8(2)13(7-3-6-11)9(14)10(12)4-5-10/h8H,3-5,7,12H2,1-2H3. The summed E-state index contributed by atoms with van der Waals surface area (Å²) in [6.07, 6.45) is 1.93. The van der Waals surface area contributed by atoms with E-state index in [9.17, 15) is 4.79 Å². The molecule has 0 atom stereocenters. The molecule has 0 aromatic heterocycles. The van der Waals surface area contributed by atoms with Crippen LogP contribution in [0.1, 0.15) is 33.1 Å². The van der Waals surface area contributed by atoms with Crippen LogP contribution in [0, 0.1) is 11.3 Å². The van der Waals surface area contributed by atoms with Gasteiger partial charge in [-0.2, -0.15) is 5.26 Å². The number of hydrogen-bond acceptors (Lipinski definition) is 3. The Morgan fingerprint density at radius 1 is 1.64 bits per heavy atom. The lowest BCUT2D eigenvalue weighted by molar-refractivity contribution is -0.135. The van der Waals surface area contributed by atoms with Crippen molar-refractivity contribution in [2.45, 2.75) is 44.7 Å². The van der Waals surface area contributed by atoms with Crippen molar-refractivity contribution in [3.8, 4) is 6.07 Å². The highest BCUT2D eigenvalue weighted by molar-refractivity contribution is 5.89. The summed E-state index contributed by atoms with van der Waals surface area (Å²) in [4.78, 5) is 13.6. The molecule has 1 amide bonds. The van der Waals surface area contributed by atoms with E-state index in [1.54, 1.807) is 4.90 Å². The number of nitrogens with two attached hydrogens (primary N) is 1. The van der Waals surface area contributed by atoms with Crippen LogP contribution >= 0.6 is 0 Å². The lowest BCUT2D eigenvalue weighted by atomic mass is 10.2. The van der Waals surface area contributed by atoms with Gasteiger partial charge in [0.05, 0.1) is 18.0 Å². The summed E-state index contributed by atoms with van der Waals surface area (Å²) in [6.45, 7) is 4.38. The van der Waals surface area contributed by atoms with Gasteiger partial charge in [-0.05, 0) is 26.7 Å². The van der Waals surface area contributed by atoms with Crippen molar-refractivity contribution in [1.29, 1.82) is 5.26 Å². The summed E-state index contributed by atoms with van der Waals surface area (Å²) in [7, 11) is 0. The molecule has 0 heterocycles. The Labute approximate surface area is 84.7 Å². The Morgan fingerprint density at radius 3 is 2.57 bits per heavy atom. The molecule has 1 fully saturated rings. The zero-order chi connectivity index (χ0) is 10.8. The molecule has 78 valence electrons. The van der Waals surface area contributed by atoms with Crippen LogP contribution < -0.4 is 5.73 Å². The van der Waals surface area contributed by atoms with E-state index in [0.717, 1.165) is 12.8 Å². The number of rotatable bonds is 4. The molecule has 0 aliphatic heterocycles. The molecule has 1 rings (SSSR count). The molecule has 14 heavy (non-hydrogen) atoms. The van der Waals surface area contributed by atoms with Crippen LogP contribution in [0.4, 0.5) is 0 Å². The molecule has 0 radical (unpaired) electrons. The van der Waals surface area contributed by atoms with Gasteiger partial charge in [-0.1, -0.05) is 0 Å². The fraction of sp³-hybridized carbons (Fsp3) is 0.800. The van der Waals surface area contributed by atoms with Crippen molar-refractivity contribution in [2.24, 2.45) is 5.73 Å². The maximum atomic E-state index is 11.9. The smallest absolute Gasteiger partial charge is 0.242 e. The van der Waals surface area contributed by atoms with Gasteiger partial charge in [0.15, 0.2) is 0 Å². The largest absolute Gasteiger partial charge is 0.338 e. The Kier molecular flexibility index (Phi) is 3.12. The van der Waals surface area contributed by atoms with Gasteiger partial charge in [0.25, 0.3) is 0 Å². The van der Waals surface area contributed by atoms with E-state index in [4.69, 9.17) is 11.0 Å². The highest BCUT2D eigenvalue weighted by Crippen LogP contribution is 2.34. The highest BCUT2D eigenvalue weighted by atomic mass is 16.2. The third-order valence-electron chi connectivity index (χ3n) is 2.56. The Balaban J connectivity index is 2.59. The SMILES string of the molecule is CC(C)N(CCC#N)C(=O)C1(N)CC1. The summed E-state index contributed by atoms with van der Waals surface area (Å²) in [5, 5.41) is 8.48. The van der Waals surface area contributed by atoms with E-state index in [0.29, 0.717) is 13.0 Å². The minimum Gasteiger partial charge on any atom is -0.338 e. The van der Waals surface area contributed by atoms with Crippen LogP contribution in [0.25, 0.3) is 0 Å². The summed E-state index contributed by atoms with van der Waals surface area (Å²) >= 11 is 0. The second kappa shape index (κ2) is 3.97. The quantitative estimate of drug-likeness (QED) is 0.715. The first-order valence-electron chi connectivity index (χ1n) is 4.98. The molecule has 0 aromatic rings. The predicted octanol–water partition coefficient (Wildman–Crippen LogP) is 0.628. The van der Waals surface area contributed by atoms with Gasteiger partial charge in [0.2, 0.25) is 5.91 Å². The fourth-order valence-corrected chi connectivity index (χ4v) is 1.40. The van der Waals surface area contributed by atoms with Gasteiger partial charge in [0, 0.05) is 12.6 Å². The van der Waals surface area contributed by atoms with Crippen molar-refractivity contribution < 1.29 is 4.79 Å². The van der Waals surface area contributed by atoms with Crippen molar-refractivity contribution in [1.82, 2.24) is 4.90 Å². The van der Waals surface area contributed by atoms with E-state index >= 15 is 0 Å². The zero-order valence-corrected chi connectivity index (χ0v) is 8.79. The molecule has 0 unspecified atom stereocenters. The molecular formula is C10H17N3O. The molecule has 1 aliphatic rings. The van der Waals surface area contributed by atoms with E-state index in [1.165, 1.54) is 0 Å². The Morgan fingerprint density at radius 2 is 2.21 bits per heavy atom. The van der Waals surface area contributed by atoms with Crippen molar-refractivity contribution in [3.05, 3.63) is 0 Å². The van der Waals surface area contributed by atoms with Crippen molar-refractivity contribution >= 4 is 5.91 Å². The van der Waals surface area contributed by atoms with Crippen LogP contribution in [0.15, 0.2) is 0 Å². The molecule has 4 heteroatoms. The summed E-state index contributed by atoms with van der Waals surface area (Å²) in [6, 6.07) is 2.17. The van der Waals surface area contributed by atoms with Crippen LogP contribution in [0.2, 0.25) is 0 Å². The minimum absolute atomic E-state index is 0.00255. The molecule has 1 aliphatic carbocycles. The van der Waals surface area contributed by atoms with Gasteiger partial charge >= 0.3 is 0 Å². The lowest BCUT2D eigenvalue weighted by Gasteiger charge is -2.28. The summed E-state index contributed by atoms with van der Waals surface area (Å²) in [5.41, 5.74) is 5.22. The van der Waals surface area contributed by atoms with E-state index in [1.807, 2.05) is 19.9 Å². The number of hydrogen-bond donors (Lipinski definition) is 1. The first-order valence-corrected chi connectivity index (χ1v) is 4.98. The van der Waals surface area contributed by atoms with Crippen LogP contribution in [0.5, 0.6) is 0 Å². The van der Waals surface area contributed by atoms with Gasteiger partial charge in [-0.3, -0.25) is 4.79 Å². The monoisotopic (exact) mass is 195 g/mol. The molecule has 1 saturated carbocycles. The average molecular weight is 195 g/mol. The van der Waals surface area contributed by atoms with E-state index in [-0.39, 0.29) is 11.9 Å². The zero-order valence-electron chi connectivity index (χ0n) is 8.79. The molecule has 0 spiro atoms. The number of amides is 1. The predicted molar refractivity (Wildman–Crippen MR) is 53.2 cm³/mol. The van der Waals surface area contributed by atoms with Crippen LogP contribution in [-0.2, 0) is 4.79 Å². The topological polar surface area (TPSA) is 70.1 Å². The van der Waals surface area contributed by atoms with Crippen molar-refractivity contribution in [2.75, 3.05) is 6.54 Å². The summed E-state index contributed by atoms with van der Waals surface area (Å²) in [5.74, 6) is 0.00255. The molecule has 0 aromatic carbocycles. The molecule has 2 N–H and O–H groups in total. The first kappa shape index (κ1) is 11.0. The number of carbonyl (C=O) groups excluding carboxylic acids is 1. The van der Waals surface area contributed by atoms with Crippen LogP contribution in [-0.4, -0.2) is 28.9 Å². The van der Waals surface area contributed by atoms with E-state index in [2.05, 4.69) is 0 Å². The molecular weight excluding hydrogens is 178 g/mol. The number of carbonyl (C=O) groups is 1. The van der Waals surface area contributed by atoms with Gasteiger partial charge in [0.1, 0.15) is 0 Å². The van der Waals surface area contributed by atoms with Gasteiger partial charge < -0.3 is 10.6 Å². The van der Waals surface area contributed by atoms with E-state index < -0.39 is 5.54 Å². The Hall–Kier alpha value is -1.08. The molecule has 0 saturated heterocycles. The molecule has 4 nitrogen and oxygen atoms in total. The summed E-state index contributed by atoms with van der Waals surface area (Å²) < 4.78 is 0. The second-order valence-corrected chi connectivity index (χ2v) is 4.16. The third kappa shape index (κ3) is 2.24.